The molecule has 0 unspecified atom stereocenters. The number of urea groups is 1. The van der Waals surface area contributed by atoms with E-state index in [0.29, 0.717) is 0 Å². The van der Waals surface area contributed by atoms with Gasteiger partial charge in [0, 0.05) is 0 Å². The van der Waals surface area contributed by atoms with Crippen LogP contribution in [-0.2, 0) is 9.59 Å². The van der Waals surface area contributed by atoms with Crippen LogP contribution in [0.2, 0.25) is 0 Å². The van der Waals surface area contributed by atoms with E-state index >= 15 is 0 Å². The van der Waals surface area contributed by atoms with Crippen molar-refractivity contribution in [3.05, 3.63) is 0 Å². The molecule has 0 aromatic rings. The van der Waals surface area contributed by atoms with Crippen molar-refractivity contribution in [2.45, 2.75) is 11.8 Å². The third kappa shape index (κ3) is 4.00. The molecule has 1 aliphatic heterocycles. The molecule has 0 aliphatic carbocycles. The number of imide groups is 2. The summed E-state index contributed by atoms with van der Waals surface area (Å²) in [5.41, 5.74) is 4.85. The number of rotatable bonds is 0. The number of barbiturate groups is 1. The molecule has 7 heteroatoms. The number of halogens is 1. The van der Waals surface area contributed by atoms with Crippen LogP contribution >= 0.6 is 15.9 Å². The zero-order valence-corrected chi connectivity index (χ0v) is 8.55. The van der Waals surface area contributed by atoms with Gasteiger partial charge >= 0.3 is 6.03 Å². The normalized spacial score (nSPS) is 17.0. The summed E-state index contributed by atoms with van der Waals surface area (Å²) in [6.45, 7) is 2.65. The first-order chi connectivity index (χ1) is 6.02. The minimum absolute atomic E-state index is 0.631. The zero-order valence-electron chi connectivity index (χ0n) is 6.96. The molecular formula is C6H10BrN3O3. The fourth-order valence-corrected chi connectivity index (χ4v) is 0.730. The molecule has 74 valence electrons. The Balaban J connectivity index is 0.000000424. The highest BCUT2D eigenvalue weighted by molar-refractivity contribution is 9.10. The molecule has 6 nitrogen and oxygen atoms in total. The smallest absolute Gasteiger partial charge is 0.328 e. The van der Waals surface area contributed by atoms with E-state index in [9.17, 15) is 14.4 Å². The first kappa shape index (κ1) is 12.0. The second kappa shape index (κ2) is 5.65. The van der Waals surface area contributed by atoms with E-state index in [1.54, 1.807) is 0 Å². The predicted octanol–water partition coefficient (Wildman–Crippen LogP) is -0.919. The van der Waals surface area contributed by atoms with Crippen LogP contribution in [0.5, 0.6) is 0 Å². The number of amides is 4. The quantitative estimate of drug-likeness (QED) is 0.383. The van der Waals surface area contributed by atoms with Crippen molar-refractivity contribution in [2.75, 3.05) is 6.54 Å². The maximum Gasteiger partial charge on any atom is 0.328 e. The number of alkyl halides is 1. The number of hydrogen-bond donors (Lipinski definition) is 3. The van der Waals surface area contributed by atoms with E-state index in [4.69, 9.17) is 5.73 Å². The molecule has 1 heterocycles. The van der Waals surface area contributed by atoms with Gasteiger partial charge in [0.2, 0.25) is 0 Å². The van der Waals surface area contributed by atoms with Crippen molar-refractivity contribution in [2.24, 2.45) is 5.73 Å². The lowest BCUT2D eigenvalue weighted by atomic mass is 10.3. The second-order valence-electron chi connectivity index (χ2n) is 2.08. The largest absolute Gasteiger partial charge is 0.331 e. The van der Waals surface area contributed by atoms with Crippen LogP contribution < -0.4 is 16.4 Å². The minimum atomic E-state index is -0.954. The van der Waals surface area contributed by atoms with E-state index in [-0.39, 0.29) is 0 Å². The third-order valence-electron chi connectivity index (χ3n) is 0.934. The summed E-state index contributed by atoms with van der Waals surface area (Å²) in [7, 11) is 0. The van der Waals surface area contributed by atoms with E-state index in [2.05, 4.69) is 15.9 Å². The molecule has 4 N–H and O–H groups in total. The number of carbonyl (C=O) groups excluding carboxylic acids is 3. The molecule has 0 saturated carbocycles. The maximum atomic E-state index is 10.6. The van der Waals surface area contributed by atoms with Gasteiger partial charge < -0.3 is 5.73 Å². The van der Waals surface area contributed by atoms with Gasteiger partial charge in [0.25, 0.3) is 11.8 Å². The van der Waals surface area contributed by atoms with Gasteiger partial charge in [0.15, 0.2) is 4.83 Å². The Morgan fingerprint density at radius 2 is 1.62 bits per heavy atom. The first-order valence-corrected chi connectivity index (χ1v) is 4.44. The molecule has 1 fully saturated rings. The molecule has 13 heavy (non-hydrogen) atoms. The lowest BCUT2D eigenvalue weighted by Gasteiger charge is -2.14. The van der Waals surface area contributed by atoms with Crippen LogP contribution in [0.15, 0.2) is 0 Å². The Morgan fingerprint density at radius 3 is 1.92 bits per heavy atom. The molecule has 1 rings (SSSR count). The number of hydrogen-bond acceptors (Lipinski definition) is 4. The Bertz CT molecular complexity index is 211. The monoisotopic (exact) mass is 251 g/mol. The molecule has 0 aromatic carbocycles. The molecule has 1 aliphatic rings. The van der Waals surface area contributed by atoms with Crippen LogP contribution in [0.25, 0.3) is 0 Å². The van der Waals surface area contributed by atoms with Crippen LogP contribution in [0.1, 0.15) is 6.92 Å². The van der Waals surface area contributed by atoms with Gasteiger partial charge in [0.05, 0.1) is 0 Å². The average Bonchev–Trinajstić information content (AvgIpc) is 2.01. The SMILES string of the molecule is CCN.O=C1NC(=O)C(Br)C(=O)N1. The lowest BCUT2D eigenvalue weighted by molar-refractivity contribution is -0.128. The van der Waals surface area contributed by atoms with Crippen molar-refractivity contribution in [3.63, 3.8) is 0 Å². The first-order valence-electron chi connectivity index (χ1n) is 3.52. The number of carbonyl (C=O) groups is 3. The van der Waals surface area contributed by atoms with Gasteiger partial charge in [-0.25, -0.2) is 4.79 Å². The Kier molecular flexibility index (Phi) is 5.24. The van der Waals surface area contributed by atoms with Gasteiger partial charge in [-0.05, 0) is 6.54 Å². The number of nitrogens with one attached hydrogen (secondary N) is 2. The Hall–Kier alpha value is -0.950. The summed E-state index contributed by atoms with van der Waals surface area (Å²) in [5, 5.41) is 3.81. The van der Waals surface area contributed by atoms with Crippen LogP contribution in [-0.4, -0.2) is 29.2 Å². The van der Waals surface area contributed by atoms with Crippen molar-refractivity contribution in [3.8, 4) is 0 Å². The number of nitrogens with two attached hydrogens (primary N) is 1. The molecular weight excluding hydrogens is 242 g/mol. The van der Waals surface area contributed by atoms with Crippen molar-refractivity contribution in [1.29, 1.82) is 0 Å². The van der Waals surface area contributed by atoms with E-state index in [0.717, 1.165) is 6.54 Å². The summed E-state index contributed by atoms with van der Waals surface area (Å²) in [6, 6.07) is -0.772. The van der Waals surface area contributed by atoms with Crippen LogP contribution in [0.4, 0.5) is 4.79 Å². The molecule has 0 aromatic heterocycles. The molecule has 1 saturated heterocycles. The van der Waals surface area contributed by atoms with Gasteiger partial charge in [-0.15, -0.1) is 0 Å². The molecule has 0 spiro atoms. The average molecular weight is 252 g/mol. The van der Waals surface area contributed by atoms with E-state index in [1.165, 1.54) is 0 Å². The molecule has 0 bridgehead atoms. The lowest BCUT2D eigenvalue weighted by Crippen LogP contribution is -2.56. The highest BCUT2D eigenvalue weighted by Crippen LogP contribution is 2.02. The fraction of sp³-hybridized carbons (Fsp3) is 0.500. The summed E-state index contributed by atoms with van der Waals surface area (Å²) in [6.07, 6.45) is 0. The van der Waals surface area contributed by atoms with Crippen molar-refractivity contribution in [1.82, 2.24) is 10.6 Å². The van der Waals surface area contributed by atoms with E-state index < -0.39 is 22.7 Å². The second-order valence-corrected chi connectivity index (χ2v) is 2.99. The van der Waals surface area contributed by atoms with Crippen LogP contribution in [0.3, 0.4) is 0 Å². The molecule has 0 atom stereocenters. The van der Waals surface area contributed by atoms with Gasteiger partial charge in [-0.2, -0.15) is 0 Å². The maximum absolute atomic E-state index is 10.6. The van der Waals surface area contributed by atoms with Gasteiger partial charge in [-0.3, -0.25) is 20.2 Å². The standard InChI is InChI=1S/C4H3BrN2O3.C2H7N/c5-1-2(8)6-4(10)7-3(1)9;1-2-3/h1H,(H2,6,7,8,9,10);2-3H2,1H3. The van der Waals surface area contributed by atoms with Crippen molar-refractivity contribution < 1.29 is 14.4 Å². The summed E-state index contributed by atoms with van der Waals surface area (Å²) in [4.78, 5) is 30.5. The van der Waals surface area contributed by atoms with E-state index in [1.807, 2.05) is 17.6 Å². The predicted molar refractivity (Wildman–Crippen MR) is 49.1 cm³/mol. The fourth-order valence-electron chi connectivity index (χ4n) is 0.501. The highest BCUT2D eigenvalue weighted by atomic mass is 79.9. The third-order valence-corrected chi connectivity index (χ3v) is 1.77. The molecule has 4 amide bonds. The topological polar surface area (TPSA) is 101 Å². The highest BCUT2D eigenvalue weighted by Gasteiger charge is 2.31. The van der Waals surface area contributed by atoms with Gasteiger partial charge in [0.1, 0.15) is 0 Å². The Morgan fingerprint density at radius 1 is 1.31 bits per heavy atom. The van der Waals surface area contributed by atoms with Gasteiger partial charge in [-0.1, -0.05) is 22.9 Å². The summed E-state index contributed by atoms with van der Waals surface area (Å²) < 4.78 is 0. The van der Waals surface area contributed by atoms with Crippen molar-refractivity contribution >= 4 is 33.8 Å². The van der Waals surface area contributed by atoms with Crippen LogP contribution in [0, 0.1) is 0 Å². The molecule has 0 radical (unpaired) electrons. The zero-order chi connectivity index (χ0) is 10.4. The minimum Gasteiger partial charge on any atom is -0.331 e. The summed E-state index contributed by atoms with van der Waals surface area (Å²) in [5.74, 6) is -1.26. The summed E-state index contributed by atoms with van der Waals surface area (Å²) >= 11 is 2.77. The Labute approximate surface area is 83.4 Å².